The van der Waals surface area contributed by atoms with Gasteiger partial charge in [0.15, 0.2) is 0 Å². The zero-order valence-electron chi connectivity index (χ0n) is 12.0. The van der Waals surface area contributed by atoms with Crippen LogP contribution in [0.3, 0.4) is 0 Å². The molecule has 2 rings (SSSR count). The number of rotatable bonds is 5. The molecule has 2 aromatic rings. The summed E-state index contributed by atoms with van der Waals surface area (Å²) in [5, 5.41) is 0.441. The van der Waals surface area contributed by atoms with Gasteiger partial charge in [0.2, 0.25) is 0 Å². The third-order valence-electron chi connectivity index (χ3n) is 3.08. The van der Waals surface area contributed by atoms with Crippen LogP contribution in [-0.4, -0.2) is 15.0 Å². The molecule has 116 valence electrons. The summed E-state index contributed by atoms with van der Waals surface area (Å²) < 4.78 is 27.1. The number of hydrogen-bond acceptors (Lipinski definition) is 2. The van der Waals surface area contributed by atoms with E-state index in [1.54, 1.807) is 18.2 Å². The maximum Gasteiger partial charge on any atom is 0.266 e. The van der Waals surface area contributed by atoms with Crippen molar-refractivity contribution in [2.75, 3.05) is 10.8 Å². The highest BCUT2D eigenvalue weighted by atomic mass is 35.5. The number of halogens is 2. The SMILES string of the molecule is C=CCN(c1ccc(C)cc1)S(=O)(=O)c1cc(Cl)ccc1Cl. The van der Waals surface area contributed by atoms with Crippen molar-refractivity contribution in [2.24, 2.45) is 0 Å². The fraction of sp³-hybridized carbons (Fsp3) is 0.125. The Kier molecular flexibility index (Phi) is 5.16. The van der Waals surface area contributed by atoms with Gasteiger partial charge in [0.05, 0.1) is 17.3 Å². The van der Waals surface area contributed by atoms with E-state index in [4.69, 9.17) is 23.2 Å². The molecule has 22 heavy (non-hydrogen) atoms. The van der Waals surface area contributed by atoms with Crippen molar-refractivity contribution in [3.05, 3.63) is 70.7 Å². The van der Waals surface area contributed by atoms with Gasteiger partial charge in [-0.15, -0.1) is 6.58 Å². The van der Waals surface area contributed by atoms with Crippen molar-refractivity contribution >= 4 is 38.9 Å². The largest absolute Gasteiger partial charge is 0.266 e. The maximum absolute atomic E-state index is 12.9. The lowest BCUT2D eigenvalue weighted by atomic mass is 10.2. The Balaban J connectivity index is 2.57. The van der Waals surface area contributed by atoms with Crippen LogP contribution in [0.25, 0.3) is 0 Å². The van der Waals surface area contributed by atoms with Gasteiger partial charge in [-0.3, -0.25) is 4.31 Å². The number of nitrogens with zero attached hydrogens (tertiary/aromatic N) is 1. The zero-order chi connectivity index (χ0) is 16.3. The molecule has 0 N–H and O–H groups in total. The van der Waals surface area contributed by atoms with Gasteiger partial charge in [-0.25, -0.2) is 8.42 Å². The van der Waals surface area contributed by atoms with Gasteiger partial charge in [0.1, 0.15) is 4.90 Å². The Labute approximate surface area is 140 Å². The quantitative estimate of drug-likeness (QED) is 0.730. The summed E-state index contributed by atoms with van der Waals surface area (Å²) in [6.07, 6.45) is 1.52. The van der Waals surface area contributed by atoms with Crippen LogP contribution in [0.1, 0.15) is 5.56 Å². The van der Waals surface area contributed by atoms with Gasteiger partial charge in [-0.05, 0) is 37.3 Å². The molecule has 0 spiro atoms. The van der Waals surface area contributed by atoms with Crippen LogP contribution in [0, 0.1) is 6.92 Å². The predicted octanol–water partition coefficient (Wildman–Crippen LogP) is 4.68. The van der Waals surface area contributed by atoms with E-state index in [0.717, 1.165) is 5.56 Å². The molecule has 0 aromatic heterocycles. The first kappa shape index (κ1) is 16.9. The third-order valence-corrected chi connectivity index (χ3v) is 5.59. The fourth-order valence-corrected chi connectivity index (χ4v) is 4.14. The molecule has 0 aliphatic carbocycles. The van der Waals surface area contributed by atoms with Crippen molar-refractivity contribution in [1.29, 1.82) is 0 Å². The summed E-state index contributed by atoms with van der Waals surface area (Å²) in [5.41, 5.74) is 1.59. The summed E-state index contributed by atoms with van der Waals surface area (Å²) in [6, 6.07) is 11.6. The molecule has 0 saturated carbocycles. The van der Waals surface area contributed by atoms with Gasteiger partial charge < -0.3 is 0 Å². The first-order valence-electron chi connectivity index (χ1n) is 6.51. The molecule has 0 radical (unpaired) electrons. The van der Waals surface area contributed by atoms with Crippen molar-refractivity contribution in [3.63, 3.8) is 0 Å². The van der Waals surface area contributed by atoms with Crippen LogP contribution in [-0.2, 0) is 10.0 Å². The Bertz CT molecular complexity index is 786. The van der Waals surface area contributed by atoms with Crippen molar-refractivity contribution in [1.82, 2.24) is 0 Å². The van der Waals surface area contributed by atoms with Gasteiger partial charge in [0.25, 0.3) is 10.0 Å². The van der Waals surface area contributed by atoms with Gasteiger partial charge in [-0.1, -0.05) is 47.0 Å². The Hall–Kier alpha value is -1.49. The van der Waals surface area contributed by atoms with E-state index >= 15 is 0 Å². The molecule has 0 atom stereocenters. The zero-order valence-corrected chi connectivity index (χ0v) is 14.3. The molecule has 0 fully saturated rings. The second-order valence-electron chi connectivity index (χ2n) is 4.74. The molecule has 0 saturated heterocycles. The summed E-state index contributed by atoms with van der Waals surface area (Å²) in [5.74, 6) is 0. The van der Waals surface area contributed by atoms with Crippen molar-refractivity contribution < 1.29 is 8.42 Å². The van der Waals surface area contributed by atoms with E-state index in [9.17, 15) is 8.42 Å². The summed E-state index contributed by atoms with van der Waals surface area (Å²) in [6.45, 7) is 5.69. The molecule has 3 nitrogen and oxygen atoms in total. The topological polar surface area (TPSA) is 37.4 Å². The lowest BCUT2D eigenvalue weighted by Gasteiger charge is -2.24. The van der Waals surface area contributed by atoms with E-state index in [1.807, 2.05) is 19.1 Å². The summed E-state index contributed by atoms with van der Waals surface area (Å²) in [4.78, 5) is -0.0240. The molecule has 0 bridgehead atoms. The second-order valence-corrected chi connectivity index (χ2v) is 7.41. The molecule has 0 aliphatic heterocycles. The standard InChI is InChI=1S/C16H15Cl2NO2S/c1-3-10-19(14-7-4-12(2)5-8-14)22(20,21)16-11-13(17)6-9-15(16)18/h3-9,11H,1,10H2,2H3. The van der Waals surface area contributed by atoms with Crippen LogP contribution in [0.5, 0.6) is 0 Å². The molecule has 0 amide bonds. The molecule has 0 heterocycles. The lowest BCUT2D eigenvalue weighted by molar-refractivity contribution is 0.593. The molecular formula is C16H15Cl2NO2S. The van der Waals surface area contributed by atoms with Crippen LogP contribution < -0.4 is 4.31 Å². The Morgan fingerprint density at radius 3 is 2.36 bits per heavy atom. The number of hydrogen-bond donors (Lipinski definition) is 0. The van der Waals surface area contributed by atoms with E-state index in [2.05, 4.69) is 6.58 Å². The number of aryl methyl sites for hydroxylation is 1. The normalized spacial score (nSPS) is 11.2. The maximum atomic E-state index is 12.9. The minimum absolute atomic E-state index is 0.0240. The first-order valence-corrected chi connectivity index (χ1v) is 8.71. The highest BCUT2D eigenvalue weighted by Crippen LogP contribution is 2.30. The van der Waals surface area contributed by atoms with E-state index < -0.39 is 10.0 Å². The smallest absolute Gasteiger partial charge is 0.262 e. The Morgan fingerprint density at radius 2 is 1.77 bits per heavy atom. The molecule has 2 aromatic carbocycles. The number of sulfonamides is 1. The van der Waals surface area contributed by atoms with Crippen molar-refractivity contribution in [2.45, 2.75) is 11.8 Å². The molecule has 0 aliphatic rings. The Morgan fingerprint density at radius 1 is 1.14 bits per heavy atom. The monoisotopic (exact) mass is 355 g/mol. The van der Waals surface area contributed by atoms with E-state index in [-0.39, 0.29) is 16.5 Å². The van der Waals surface area contributed by atoms with E-state index in [0.29, 0.717) is 10.7 Å². The van der Waals surface area contributed by atoms with Crippen molar-refractivity contribution in [3.8, 4) is 0 Å². The first-order chi connectivity index (χ1) is 10.4. The average Bonchev–Trinajstić information content (AvgIpc) is 2.48. The van der Waals surface area contributed by atoms with E-state index in [1.165, 1.54) is 22.5 Å². The molecular weight excluding hydrogens is 341 g/mol. The lowest BCUT2D eigenvalue weighted by Crippen LogP contribution is -2.31. The summed E-state index contributed by atoms with van der Waals surface area (Å²) in [7, 11) is -3.84. The van der Waals surface area contributed by atoms with Crippen LogP contribution in [0.15, 0.2) is 60.0 Å². The fourth-order valence-electron chi connectivity index (χ4n) is 1.96. The van der Waals surface area contributed by atoms with Crippen LogP contribution >= 0.6 is 23.2 Å². The molecule has 6 heteroatoms. The van der Waals surface area contributed by atoms with Gasteiger partial charge >= 0.3 is 0 Å². The number of benzene rings is 2. The minimum atomic E-state index is -3.84. The highest BCUT2D eigenvalue weighted by Gasteiger charge is 2.26. The summed E-state index contributed by atoms with van der Waals surface area (Å²) >= 11 is 12.0. The highest BCUT2D eigenvalue weighted by molar-refractivity contribution is 7.93. The minimum Gasteiger partial charge on any atom is -0.262 e. The second kappa shape index (κ2) is 6.73. The van der Waals surface area contributed by atoms with Crippen LogP contribution in [0.4, 0.5) is 5.69 Å². The predicted molar refractivity (Wildman–Crippen MR) is 92.4 cm³/mol. The van der Waals surface area contributed by atoms with Gasteiger partial charge in [-0.2, -0.15) is 0 Å². The third kappa shape index (κ3) is 3.46. The van der Waals surface area contributed by atoms with Crippen LogP contribution in [0.2, 0.25) is 10.0 Å². The van der Waals surface area contributed by atoms with Gasteiger partial charge in [0, 0.05) is 5.02 Å². The number of anilines is 1. The average molecular weight is 356 g/mol. The molecule has 0 unspecified atom stereocenters.